The molecule has 6 saturated heterocycles. The van der Waals surface area contributed by atoms with Gasteiger partial charge < -0.3 is 43.9 Å². The molecule has 4 N–H and O–H groups in total. The SMILES string of the molecule is COc1cc(-c2cn(CC3CN(Cc4ccc(-c5cn(C)c(=O)c6ccc(F)cc56)cc4OC(F)(F)F)CCC3N(C)C(=O)N3CCC(c4ccc(NC5CCC(=O)NC5=O)cc4F)CC3)c(=O)c3ccc(F)cc23)cc(Cl)c1CC1CCN(CC(=O)N2CCC(c3ccc(NC4CCC(=O)NC4=O)cc3F)CC2)CC1. The first-order valence-corrected chi connectivity index (χ1v) is 38.0. The second-order valence-electron chi connectivity index (χ2n) is 30.2. The molecule has 4 atom stereocenters. The van der Waals surface area contributed by atoms with Crippen molar-refractivity contribution in [2.45, 2.75) is 126 Å². The predicted molar refractivity (Wildman–Crippen MR) is 404 cm³/mol. The first kappa shape index (κ1) is 77.4. The maximum absolute atomic E-state index is 16.0. The van der Waals surface area contributed by atoms with E-state index in [4.69, 9.17) is 21.1 Å². The van der Waals surface area contributed by atoms with E-state index in [1.165, 1.54) is 78.0 Å². The molecule has 0 radical (unpaired) electrons. The number of hydrogen-bond acceptors (Lipinski definition) is 14. The molecule has 21 nitrogen and oxygen atoms in total. The number of methoxy groups -OCH3 is 1. The van der Waals surface area contributed by atoms with Gasteiger partial charge in [0.2, 0.25) is 29.5 Å². The molecular formula is C82H85ClF7N11O10. The number of likely N-dealkylation sites (tertiary alicyclic amines) is 4. The molecule has 0 aliphatic carbocycles. The highest BCUT2D eigenvalue weighted by molar-refractivity contribution is 6.32. The summed E-state index contributed by atoms with van der Waals surface area (Å²) in [7, 11) is 4.68. The van der Waals surface area contributed by atoms with Crippen LogP contribution in [0.1, 0.15) is 105 Å². The lowest BCUT2D eigenvalue weighted by Crippen LogP contribution is -2.56. The van der Waals surface area contributed by atoms with E-state index in [1.54, 1.807) is 65.5 Å². The standard InChI is InChI=1S/C82H85ClF7N11O10/c1-95-43-64(61-36-53(84)6-10-59(61)79(95)107)49-4-5-50(72(34-49)111-82(88,89)90)40-98-27-24-71(96(2)81(109)100-30-22-48(23-31-100)58-13-9-56(39-68(58)87)92-70-15-17-75(103)94-78(70)106)52(41-98)42-101-44-65(62-37-54(85)7-11-60(62)80(101)108)51-33-66(83)63(73(35-51)110-3)32-46-18-25-97(26-19-46)45-76(104)99-28-20-47(21-29-99)57-12-8-55(38-67(57)86)91-69-14-16-74(102)93-77(69)105/h4-13,33-39,43-44,46-48,52,69-71,91-92H,14-32,40-42,45H2,1-3H3,(H,93,102,105)(H,94,103,106). The van der Waals surface area contributed by atoms with Crippen LogP contribution in [0, 0.1) is 35.1 Å². The van der Waals surface area contributed by atoms with Crippen LogP contribution >= 0.6 is 11.6 Å². The fourth-order valence-electron chi connectivity index (χ4n) is 17.1. The molecule has 6 fully saturated rings. The maximum Gasteiger partial charge on any atom is 0.573 e. The number of rotatable bonds is 19. The number of aromatic nitrogens is 2. The van der Waals surface area contributed by atoms with Gasteiger partial charge >= 0.3 is 12.4 Å². The van der Waals surface area contributed by atoms with Crippen LogP contribution in [0.15, 0.2) is 125 Å². The monoisotopic (exact) mass is 1550 g/mol. The van der Waals surface area contributed by atoms with Gasteiger partial charge in [-0.15, -0.1) is 13.2 Å². The van der Waals surface area contributed by atoms with Crippen LogP contribution in [0.25, 0.3) is 43.8 Å². The Morgan fingerprint density at radius 3 is 1.70 bits per heavy atom. The Morgan fingerprint density at radius 2 is 1.14 bits per heavy atom. The van der Waals surface area contributed by atoms with Crippen molar-refractivity contribution in [3.8, 4) is 33.8 Å². The zero-order valence-electron chi connectivity index (χ0n) is 61.5. The van der Waals surface area contributed by atoms with Gasteiger partial charge in [-0.2, -0.15) is 0 Å². The highest BCUT2D eigenvalue weighted by Gasteiger charge is 2.40. The molecule has 6 aliphatic heterocycles. The van der Waals surface area contributed by atoms with Gasteiger partial charge in [0.05, 0.1) is 13.7 Å². The molecule has 584 valence electrons. The summed E-state index contributed by atoms with van der Waals surface area (Å²) in [6.45, 7) is 3.23. The molecule has 7 amide bonds. The lowest BCUT2D eigenvalue weighted by molar-refractivity contribution is -0.275. The molecule has 6 aromatic carbocycles. The molecule has 111 heavy (non-hydrogen) atoms. The number of anilines is 2. The van der Waals surface area contributed by atoms with Crippen LogP contribution < -0.4 is 41.9 Å². The van der Waals surface area contributed by atoms with Crippen molar-refractivity contribution in [1.29, 1.82) is 0 Å². The summed E-state index contributed by atoms with van der Waals surface area (Å²) >= 11 is 7.32. The normalized spacial score (nSPS) is 20.2. The Bertz CT molecular complexity index is 5090. The summed E-state index contributed by atoms with van der Waals surface area (Å²) in [5.74, 6) is -4.71. The van der Waals surface area contributed by atoms with Crippen LogP contribution in [0.4, 0.5) is 46.9 Å². The Morgan fingerprint density at radius 1 is 0.595 bits per heavy atom. The third kappa shape index (κ3) is 17.3. The number of nitrogens with one attached hydrogen (secondary N) is 4. The number of carbonyl (C=O) groups excluding carboxylic acids is 6. The number of fused-ring (bicyclic) bond motifs is 2. The van der Waals surface area contributed by atoms with E-state index in [9.17, 15) is 51.1 Å². The zero-order valence-corrected chi connectivity index (χ0v) is 62.3. The van der Waals surface area contributed by atoms with Crippen LogP contribution in [0.3, 0.4) is 0 Å². The minimum atomic E-state index is -5.15. The minimum Gasteiger partial charge on any atom is -0.496 e. The van der Waals surface area contributed by atoms with Gasteiger partial charge in [0.1, 0.15) is 46.9 Å². The van der Waals surface area contributed by atoms with Crippen LogP contribution in [-0.2, 0) is 50.5 Å². The molecule has 0 spiro atoms. The van der Waals surface area contributed by atoms with Crippen LogP contribution in [-0.4, -0.2) is 167 Å². The second-order valence-corrected chi connectivity index (χ2v) is 30.6. The number of carbonyl (C=O) groups is 6. The first-order valence-electron chi connectivity index (χ1n) is 37.6. The molecule has 0 saturated carbocycles. The summed E-state index contributed by atoms with van der Waals surface area (Å²) in [5.41, 5.74) is 3.19. The number of amides is 7. The minimum absolute atomic E-state index is 0.00131. The molecule has 8 aromatic rings. The number of piperidine rings is 6. The summed E-state index contributed by atoms with van der Waals surface area (Å²) in [6.07, 6.45) is 3.11. The summed E-state index contributed by atoms with van der Waals surface area (Å²) in [5, 5.41) is 11.8. The van der Waals surface area contributed by atoms with Crippen molar-refractivity contribution in [3.63, 3.8) is 0 Å². The van der Waals surface area contributed by atoms with E-state index in [2.05, 4.69) is 26.2 Å². The third-order valence-electron chi connectivity index (χ3n) is 23.1. The smallest absolute Gasteiger partial charge is 0.496 e. The number of urea groups is 1. The number of benzene rings is 6. The van der Waals surface area contributed by atoms with E-state index in [-0.39, 0.29) is 151 Å². The van der Waals surface area contributed by atoms with E-state index in [1.807, 2.05) is 9.80 Å². The van der Waals surface area contributed by atoms with Crippen LogP contribution in [0.2, 0.25) is 5.02 Å². The lowest BCUT2D eigenvalue weighted by atomic mass is 9.88. The Labute approximate surface area is 639 Å². The zero-order chi connectivity index (χ0) is 78.3. The van der Waals surface area contributed by atoms with Gasteiger partial charge in [-0.1, -0.05) is 35.9 Å². The number of imide groups is 2. The first-order chi connectivity index (χ1) is 53.2. The fraction of sp³-hybridized carbons (Fsp3) is 0.415. The second kappa shape index (κ2) is 32.6. The number of halogens is 8. The number of pyridine rings is 2. The lowest BCUT2D eigenvalue weighted by Gasteiger charge is -2.45. The fourth-order valence-corrected chi connectivity index (χ4v) is 17.4. The van der Waals surface area contributed by atoms with Crippen LogP contribution in [0.5, 0.6) is 11.5 Å². The van der Waals surface area contributed by atoms with E-state index < -0.39 is 82.4 Å². The summed E-state index contributed by atoms with van der Waals surface area (Å²) < 4.78 is 119. The molecule has 8 heterocycles. The summed E-state index contributed by atoms with van der Waals surface area (Å²) in [4.78, 5) is 114. The van der Waals surface area contributed by atoms with Crippen molar-refractivity contribution < 1.29 is 69.0 Å². The molecule has 0 bridgehead atoms. The van der Waals surface area contributed by atoms with Crippen molar-refractivity contribution in [2.75, 3.05) is 83.7 Å². The topological polar surface area (TPSA) is 229 Å². The highest BCUT2D eigenvalue weighted by Crippen LogP contribution is 2.42. The highest BCUT2D eigenvalue weighted by atomic mass is 35.5. The van der Waals surface area contributed by atoms with E-state index in [0.717, 1.165) is 30.5 Å². The maximum atomic E-state index is 16.0. The van der Waals surface area contributed by atoms with Gasteiger partial charge in [-0.25, -0.2) is 22.4 Å². The van der Waals surface area contributed by atoms with Crippen molar-refractivity contribution in [2.24, 2.45) is 18.9 Å². The molecular weight excluding hydrogens is 1470 g/mol. The van der Waals surface area contributed by atoms with Crippen molar-refractivity contribution >= 4 is 80.1 Å². The molecule has 2 aromatic heterocycles. The molecule has 29 heteroatoms. The molecule has 6 aliphatic rings. The largest absolute Gasteiger partial charge is 0.573 e. The number of nitrogens with zero attached hydrogens (tertiary/aromatic N) is 7. The van der Waals surface area contributed by atoms with Crippen molar-refractivity contribution in [3.05, 3.63) is 187 Å². The van der Waals surface area contributed by atoms with Crippen molar-refractivity contribution in [1.82, 2.24) is 44.3 Å². The molecule has 14 rings (SSSR count). The number of alkyl halides is 3. The average Bonchev–Trinajstić information content (AvgIpc) is 0.742. The number of hydrogen-bond donors (Lipinski definition) is 4. The Hall–Kier alpha value is -10.3. The number of aryl methyl sites for hydroxylation is 1. The third-order valence-corrected chi connectivity index (χ3v) is 23.4. The van der Waals surface area contributed by atoms with Gasteiger partial charge in [0.25, 0.3) is 11.1 Å². The summed E-state index contributed by atoms with van der Waals surface area (Å²) in [6, 6.07) is 22.5. The van der Waals surface area contributed by atoms with Gasteiger partial charge in [0.15, 0.2) is 0 Å². The average molecular weight is 1550 g/mol. The Kier molecular flexibility index (Phi) is 22.7. The van der Waals surface area contributed by atoms with Gasteiger partial charge in [-0.3, -0.25) is 54.0 Å². The van der Waals surface area contributed by atoms with E-state index >= 15 is 18.0 Å². The van der Waals surface area contributed by atoms with E-state index in [0.29, 0.717) is 109 Å². The quantitative estimate of drug-likeness (QED) is 0.0436. The molecule has 4 unspecified atom stereocenters. The predicted octanol–water partition coefficient (Wildman–Crippen LogP) is 12.2. The Balaban J connectivity index is 0.682. The van der Waals surface area contributed by atoms with Gasteiger partial charge in [0, 0.05) is 153 Å². The van der Waals surface area contributed by atoms with Gasteiger partial charge in [-0.05, 0) is 207 Å². The number of ether oxygens (including phenoxy) is 2.